The summed E-state index contributed by atoms with van der Waals surface area (Å²) < 4.78 is 5.53. The molecule has 2 aliphatic rings. The largest absolute Gasteiger partial charge is 0.493 e. The molecular formula is C31H39N5O7. The minimum absolute atomic E-state index is 0.0404. The second-order valence-electron chi connectivity index (χ2n) is 11.2. The molecule has 0 unspecified atom stereocenters. The summed E-state index contributed by atoms with van der Waals surface area (Å²) in [6, 6.07) is 10.7. The number of nitrogens with one attached hydrogen (secondary N) is 4. The molecule has 4 atom stereocenters. The van der Waals surface area contributed by atoms with Gasteiger partial charge in [0.05, 0.1) is 19.3 Å². The van der Waals surface area contributed by atoms with Gasteiger partial charge in [-0.1, -0.05) is 44.2 Å². The van der Waals surface area contributed by atoms with Crippen molar-refractivity contribution in [2.45, 2.75) is 57.8 Å². The average molecular weight is 594 g/mol. The van der Waals surface area contributed by atoms with Gasteiger partial charge in [-0.3, -0.25) is 24.0 Å². The first kappa shape index (κ1) is 31.5. The molecule has 0 aromatic heterocycles. The van der Waals surface area contributed by atoms with E-state index in [0.717, 1.165) is 11.1 Å². The summed E-state index contributed by atoms with van der Waals surface area (Å²) in [4.78, 5) is 68.1. The van der Waals surface area contributed by atoms with Gasteiger partial charge >= 0.3 is 0 Å². The van der Waals surface area contributed by atoms with Crippen molar-refractivity contribution in [3.8, 4) is 5.75 Å². The lowest BCUT2D eigenvalue weighted by atomic mass is 10.0. The fourth-order valence-electron chi connectivity index (χ4n) is 5.09. The first-order valence-electron chi connectivity index (χ1n) is 14.5. The number of carbonyl (C=O) groups is 5. The van der Waals surface area contributed by atoms with Gasteiger partial charge in [0.1, 0.15) is 23.9 Å². The van der Waals surface area contributed by atoms with Gasteiger partial charge in [0, 0.05) is 31.5 Å². The van der Waals surface area contributed by atoms with Crippen LogP contribution in [0.25, 0.3) is 0 Å². The molecule has 2 aromatic rings. The van der Waals surface area contributed by atoms with Gasteiger partial charge < -0.3 is 36.0 Å². The Balaban J connectivity index is 1.62. The van der Waals surface area contributed by atoms with Gasteiger partial charge in [-0.15, -0.1) is 0 Å². The van der Waals surface area contributed by atoms with Crippen LogP contribution in [0.3, 0.4) is 0 Å². The number of aliphatic hydroxyl groups excluding tert-OH is 1. The van der Waals surface area contributed by atoms with Gasteiger partial charge in [0.15, 0.2) is 0 Å². The highest BCUT2D eigenvalue weighted by atomic mass is 16.5. The summed E-state index contributed by atoms with van der Waals surface area (Å²) in [5.41, 5.74) is 2.01. The van der Waals surface area contributed by atoms with E-state index >= 15 is 0 Å². The smallest absolute Gasteiger partial charge is 0.254 e. The van der Waals surface area contributed by atoms with Crippen molar-refractivity contribution in [3.63, 3.8) is 0 Å². The molecule has 0 aliphatic carbocycles. The molecule has 12 nitrogen and oxygen atoms in total. The molecule has 12 heteroatoms. The number of nitrogens with zero attached hydrogens (tertiary/aromatic N) is 1. The van der Waals surface area contributed by atoms with Crippen molar-refractivity contribution >= 4 is 29.5 Å². The third kappa shape index (κ3) is 8.10. The summed E-state index contributed by atoms with van der Waals surface area (Å²) in [6.07, 6.45) is -0.485. The van der Waals surface area contributed by atoms with Crippen LogP contribution in [-0.4, -0.2) is 90.0 Å². The van der Waals surface area contributed by atoms with Crippen molar-refractivity contribution in [1.82, 2.24) is 26.2 Å². The molecule has 2 aromatic carbocycles. The van der Waals surface area contributed by atoms with Crippen LogP contribution in [-0.2, 0) is 32.0 Å². The molecule has 1 saturated heterocycles. The monoisotopic (exact) mass is 593 g/mol. The molecule has 5 amide bonds. The van der Waals surface area contributed by atoms with Crippen LogP contribution in [0.2, 0.25) is 0 Å². The van der Waals surface area contributed by atoms with Crippen LogP contribution >= 0.6 is 0 Å². The number of aliphatic hydroxyl groups is 1. The molecule has 1 fully saturated rings. The zero-order valence-corrected chi connectivity index (χ0v) is 24.6. The summed E-state index contributed by atoms with van der Waals surface area (Å²) in [5, 5.41) is 21.0. The fourth-order valence-corrected chi connectivity index (χ4v) is 5.09. The lowest BCUT2D eigenvalue weighted by molar-refractivity contribution is -0.135. The maximum absolute atomic E-state index is 13.5. The van der Waals surface area contributed by atoms with Gasteiger partial charge in [-0.2, -0.15) is 0 Å². The minimum Gasteiger partial charge on any atom is -0.493 e. The Morgan fingerprint density at radius 2 is 1.70 bits per heavy atom. The molecule has 0 radical (unpaired) electrons. The van der Waals surface area contributed by atoms with Crippen LogP contribution in [0.5, 0.6) is 5.75 Å². The molecule has 2 heterocycles. The standard InChI is InChI=1S/C31H39N5O7/c1-18(2)26-30(41)33-23(15-20-7-5-4-6-8-20)28(39)35-27(19(3)37)29(40)32-12-13-36(17-25(38)34-26)31(42)22-9-10-24-21(16-22)11-14-43-24/h4-10,16,18-19,23,26-27,37H,11-15,17H2,1-3H3,(H,32,40)(H,33,41)(H,34,38)(H,35,39)/t19-,23+,26-,27+/m1/s1. The molecule has 43 heavy (non-hydrogen) atoms. The van der Waals surface area contributed by atoms with E-state index in [9.17, 15) is 29.1 Å². The van der Waals surface area contributed by atoms with Crippen LogP contribution < -0.4 is 26.0 Å². The van der Waals surface area contributed by atoms with Crippen LogP contribution in [0.15, 0.2) is 48.5 Å². The topological polar surface area (TPSA) is 166 Å². The van der Waals surface area contributed by atoms with Crippen molar-refractivity contribution in [2.24, 2.45) is 5.92 Å². The number of benzene rings is 2. The molecular weight excluding hydrogens is 554 g/mol. The van der Waals surface area contributed by atoms with E-state index in [2.05, 4.69) is 21.3 Å². The lowest BCUT2D eigenvalue weighted by Gasteiger charge is -2.27. The normalized spacial score (nSPS) is 22.6. The van der Waals surface area contributed by atoms with E-state index in [0.29, 0.717) is 24.3 Å². The molecule has 0 spiro atoms. The van der Waals surface area contributed by atoms with Crippen LogP contribution in [0.4, 0.5) is 0 Å². The van der Waals surface area contributed by atoms with E-state index in [4.69, 9.17) is 4.74 Å². The quantitative estimate of drug-likeness (QED) is 0.324. The van der Waals surface area contributed by atoms with Gasteiger partial charge in [-0.25, -0.2) is 0 Å². The van der Waals surface area contributed by atoms with Gasteiger partial charge in [0.2, 0.25) is 23.6 Å². The predicted molar refractivity (Wildman–Crippen MR) is 157 cm³/mol. The highest BCUT2D eigenvalue weighted by molar-refractivity contribution is 5.98. The van der Waals surface area contributed by atoms with Gasteiger partial charge in [-0.05, 0) is 42.2 Å². The molecule has 4 rings (SSSR count). The first-order valence-corrected chi connectivity index (χ1v) is 14.5. The second-order valence-corrected chi connectivity index (χ2v) is 11.2. The molecule has 0 saturated carbocycles. The number of ether oxygens (including phenoxy) is 1. The Labute approximate surface area is 250 Å². The van der Waals surface area contributed by atoms with Crippen molar-refractivity contribution in [2.75, 3.05) is 26.2 Å². The average Bonchev–Trinajstić information content (AvgIpc) is 3.45. The van der Waals surface area contributed by atoms with Crippen molar-refractivity contribution in [1.29, 1.82) is 0 Å². The fraction of sp³-hybridized carbons (Fsp3) is 0.452. The Bertz CT molecular complexity index is 1350. The predicted octanol–water partition coefficient (Wildman–Crippen LogP) is -0.0726. The second kappa shape index (κ2) is 14.1. The Hall–Kier alpha value is -4.45. The Morgan fingerprint density at radius 3 is 2.40 bits per heavy atom. The lowest BCUT2D eigenvalue weighted by Crippen LogP contribution is -2.60. The number of carbonyl (C=O) groups excluding carboxylic acids is 5. The zero-order valence-electron chi connectivity index (χ0n) is 24.6. The summed E-state index contributed by atoms with van der Waals surface area (Å²) >= 11 is 0. The SMILES string of the molecule is CC(C)[C@H]1NC(=O)CN(C(=O)c2ccc3c(c2)CCO3)CCNC(=O)[C@H]([C@@H](C)O)NC(=O)[C@H](Cc2ccccc2)NC1=O. The molecule has 0 bridgehead atoms. The Morgan fingerprint density at radius 1 is 0.953 bits per heavy atom. The van der Waals surface area contributed by atoms with E-state index < -0.39 is 53.8 Å². The zero-order chi connectivity index (χ0) is 31.1. The number of hydrogen-bond acceptors (Lipinski definition) is 7. The maximum atomic E-state index is 13.5. The maximum Gasteiger partial charge on any atom is 0.254 e. The molecule has 230 valence electrons. The highest BCUT2D eigenvalue weighted by Gasteiger charge is 2.33. The van der Waals surface area contributed by atoms with Crippen LogP contribution in [0, 0.1) is 5.92 Å². The van der Waals surface area contributed by atoms with Gasteiger partial charge in [0.25, 0.3) is 5.91 Å². The summed E-state index contributed by atoms with van der Waals surface area (Å²) in [5.74, 6) is -2.58. The summed E-state index contributed by atoms with van der Waals surface area (Å²) in [7, 11) is 0. The van der Waals surface area contributed by atoms with Crippen molar-refractivity contribution < 1.29 is 33.8 Å². The Kier molecular flexibility index (Phi) is 10.4. The molecule has 2 aliphatic heterocycles. The molecule has 5 N–H and O–H groups in total. The van der Waals surface area contributed by atoms with E-state index in [1.54, 1.807) is 56.3 Å². The van der Waals surface area contributed by atoms with Crippen LogP contribution in [0.1, 0.15) is 42.3 Å². The number of rotatable bonds is 5. The van der Waals surface area contributed by atoms with E-state index in [1.807, 2.05) is 6.07 Å². The number of amides is 5. The third-order valence-corrected chi connectivity index (χ3v) is 7.48. The highest BCUT2D eigenvalue weighted by Crippen LogP contribution is 2.26. The third-order valence-electron chi connectivity index (χ3n) is 7.48. The first-order chi connectivity index (χ1) is 20.5. The number of hydrogen-bond donors (Lipinski definition) is 5. The minimum atomic E-state index is -1.32. The van der Waals surface area contributed by atoms with Crippen molar-refractivity contribution in [3.05, 3.63) is 65.2 Å². The van der Waals surface area contributed by atoms with E-state index in [-0.39, 0.29) is 32.0 Å². The summed E-state index contributed by atoms with van der Waals surface area (Å²) in [6.45, 7) is 4.94. The van der Waals surface area contributed by atoms with E-state index in [1.165, 1.54) is 11.8 Å². The number of fused-ring (bicyclic) bond motifs is 1.